The Bertz CT molecular complexity index is 524. The van der Waals surface area contributed by atoms with E-state index in [4.69, 9.17) is 4.84 Å². The number of fused-ring (bicyclic) bond motifs is 1. The Morgan fingerprint density at radius 3 is 2.32 bits per heavy atom. The van der Waals surface area contributed by atoms with E-state index < -0.39 is 0 Å². The lowest BCUT2D eigenvalue weighted by Crippen LogP contribution is -2.50. The van der Waals surface area contributed by atoms with E-state index in [1.807, 2.05) is 0 Å². The molecule has 4 atom stereocenters. The molecule has 2 fully saturated rings. The van der Waals surface area contributed by atoms with Gasteiger partial charge in [0.15, 0.2) is 0 Å². The van der Waals surface area contributed by atoms with E-state index in [1.54, 1.807) is 0 Å². The molecule has 22 heavy (non-hydrogen) atoms. The number of hydrogen-bond donors (Lipinski definition) is 0. The van der Waals surface area contributed by atoms with Crippen LogP contribution >= 0.6 is 0 Å². The summed E-state index contributed by atoms with van der Waals surface area (Å²) in [5, 5.41) is 2.29. The third kappa shape index (κ3) is 2.51. The molecule has 0 bridgehead atoms. The van der Waals surface area contributed by atoms with Gasteiger partial charge in [0.2, 0.25) is 0 Å². The molecule has 1 aromatic rings. The zero-order valence-electron chi connectivity index (χ0n) is 15.0. The molecular formula is C20H31NO. The minimum Gasteiger partial charge on any atom is -0.292 e. The van der Waals surface area contributed by atoms with Crippen LogP contribution in [0.25, 0.3) is 0 Å². The summed E-state index contributed by atoms with van der Waals surface area (Å²) in [5.41, 5.74) is 1.67. The van der Waals surface area contributed by atoms with E-state index in [9.17, 15) is 0 Å². The molecule has 0 spiro atoms. The van der Waals surface area contributed by atoms with Crippen LogP contribution in [0.15, 0.2) is 30.3 Å². The zero-order chi connectivity index (χ0) is 16.1. The van der Waals surface area contributed by atoms with Crippen molar-refractivity contribution in [2.75, 3.05) is 0 Å². The highest BCUT2D eigenvalue weighted by Gasteiger charge is 2.56. The van der Waals surface area contributed by atoms with E-state index in [0.29, 0.717) is 23.9 Å². The van der Waals surface area contributed by atoms with E-state index in [-0.39, 0.29) is 11.0 Å². The second kappa shape index (κ2) is 5.35. The average Bonchev–Trinajstić information content (AvgIpc) is 2.72. The molecule has 2 nitrogen and oxygen atoms in total. The number of rotatable bonds is 2. The van der Waals surface area contributed by atoms with E-state index in [1.165, 1.54) is 18.4 Å². The summed E-state index contributed by atoms with van der Waals surface area (Å²) in [5.74, 6) is 1.23. The molecule has 0 N–H and O–H groups in total. The van der Waals surface area contributed by atoms with Crippen LogP contribution < -0.4 is 0 Å². The fourth-order valence-electron chi connectivity index (χ4n) is 4.93. The van der Waals surface area contributed by atoms with Gasteiger partial charge in [-0.1, -0.05) is 44.2 Å². The predicted molar refractivity (Wildman–Crippen MR) is 91.6 cm³/mol. The minimum absolute atomic E-state index is 0.0698. The van der Waals surface area contributed by atoms with Crippen LogP contribution in [0.1, 0.15) is 59.9 Å². The first-order valence-corrected chi connectivity index (χ1v) is 8.77. The molecule has 1 heterocycles. The maximum Gasteiger partial charge on any atom is 0.0888 e. The highest BCUT2D eigenvalue weighted by atomic mass is 16.7. The predicted octanol–water partition coefficient (Wildman–Crippen LogP) is 4.79. The Morgan fingerprint density at radius 1 is 1.09 bits per heavy atom. The molecule has 2 aliphatic rings. The van der Waals surface area contributed by atoms with Gasteiger partial charge < -0.3 is 0 Å². The van der Waals surface area contributed by atoms with Crippen LogP contribution in [0.5, 0.6) is 0 Å². The van der Waals surface area contributed by atoms with Crippen molar-refractivity contribution < 1.29 is 4.84 Å². The molecule has 3 rings (SSSR count). The smallest absolute Gasteiger partial charge is 0.0888 e. The van der Waals surface area contributed by atoms with Gasteiger partial charge in [0.25, 0.3) is 0 Å². The second-order valence-corrected chi connectivity index (χ2v) is 8.56. The summed E-state index contributed by atoms with van der Waals surface area (Å²) in [7, 11) is 0. The van der Waals surface area contributed by atoms with Crippen molar-refractivity contribution >= 4 is 0 Å². The van der Waals surface area contributed by atoms with Crippen LogP contribution in [-0.2, 0) is 10.3 Å². The fourth-order valence-corrected chi connectivity index (χ4v) is 4.93. The number of hydrogen-bond acceptors (Lipinski definition) is 2. The molecule has 0 radical (unpaired) electrons. The normalized spacial score (nSPS) is 38.2. The number of hydroxylamine groups is 2. The fraction of sp³-hybridized carbons (Fsp3) is 0.700. The van der Waals surface area contributed by atoms with Crippen LogP contribution in [0.4, 0.5) is 0 Å². The molecule has 1 saturated heterocycles. The third-order valence-corrected chi connectivity index (χ3v) is 5.95. The molecule has 1 aromatic carbocycles. The molecule has 1 aliphatic heterocycles. The lowest BCUT2D eigenvalue weighted by molar-refractivity contribution is -0.215. The monoisotopic (exact) mass is 301 g/mol. The summed E-state index contributed by atoms with van der Waals surface area (Å²) >= 11 is 0. The summed E-state index contributed by atoms with van der Waals surface area (Å²) in [4.78, 5) is 6.39. The van der Waals surface area contributed by atoms with E-state index >= 15 is 0 Å². The lowest BCUT2D eigenvalue weighted by Gasteiger charge is -2.47. The summed E-state index contributed by atoms with van der Waals surface area (Å²) < 4.78 is 0. The van der Waals surface area contributed by atoms with Crippen molar-refractivity contribution in [1.29, 1.82) is 0 Å². The van der Waals surface area contributed by atoms with Gasteiger partial charge in [0, 0.05) is 18.0 Å². The third-order valence-electron chi connectivity index (χ3n) is 5.95. The first kappa shape index (κ1) is 16.0. The van der Waals surface area contributed by atoms with Gasteiger partial charge >= 0.3 is 0 Å². The molecule has 1 aliphatic carbocycles. The van der Waals surface area contributed by atoms with Gasteiger partial charge in [-0.3, -0.25) is 4.84 Å². The minimum atomic E-state index is -0.0698. The van der Waals surface area contributed by atoms with Crippen LogP contribution in [0, 0.1) is 11.8 Å². The summed E-state index contributed by atoms with van der Waals surface area (Å²) in [6.45, 7) is 13.9. The standard InChI is InChI=1S/C20H31NO/c1-14(2)21-18-15(3)12-20(6,16-10-8-7-9-11-16)13-17(18)19(4,5)22-21/h7-11,14-15,17-18H,12-13H2,1-6H3/t15?,17-,18-,20+/m0/s1. The van der Waals surface area contributed by atoms with Crippen molar-refractivity contribution in [1.82, 2.24) is 5.06 Å². The SMILES string of the molecule is CC1C[C@@](C)(c2ccccc2)C[C@H]2[C@H]1N(C(C)C)OC2(C)C. The van der Waals surface area contributed by atoms with Gasteiger partial charge in [-0.25, -0.2) is 0 Å². The average molecular weight is 301 g/mol. The Labute approximate surface area is 135 Å². The van der Waals surface area contributed by atoms with Crippen LogP contribution in [-0.4, -0.2) is 22.7 Å². The van der Waals surface area contributed by atoms with E-state index in [2.05, 4.69) is 76.9 Å². The molecule has 1 saturated carbocycles. The molecular weight excluding hydrogens is 270 g/mol. The van der Waals surface area contributed by atoms with Crippen molar-refractivity contribution in [2.24, 2.45) is 11.8 Å². The highest BCUT2D eigenvalue weighted by Crippen LogP contribution is 2.53. The largest absolute Gasteiger partial charge is 0.292 e. The van der Waals surface area contributed by atoms with Crippen molar-refractivity contribution in [3.05, 3.63) is 35.9 Å². The first-order valence-electron chi connectivity index (χ1n) is 8.77. The first-order chi connectivity index (χ1) is 10.2. The lowest BCUT2D eigenvalue weighted by atomic mass is 9.59. The zero-order valence-corrected chi connectivity index (χ0v) is 15.0. The van der Waals surface area contributed by atoms with Crippen molar-refractivity contribution in [3.8, 4) is 0 Å². The molecule has 122 valence electrons. The van der Waals surface area contributed by atoms with Crippen LogP contribution in [0.2, 0.25) is 0 Å². The van der Waals surface area contributed by atoms with E-state index in [0.717, 1.165) is 0 Å². The second-order valence-electron chi connectivity index (χ2n) is 8.56. The molecule has 1 unspecified atom stereocenters. The van der Waals surface area contributed by atoms with Crippen molar-refractivity contribution in [2.45, 2.75) is 77.5 Å². The number of nitrogens with zero attached hydrogens (tertiary/aromatic N) is 1. The van der Waals surface area contributed by atoms with Gasteiger partial charge in [-0.15, -0.1) is 0 Å². The topological polar surface area (TPSA) is 12.5 Å². The number of benzene rings is 1. The summed E-state index contributed by atoms with van der Waals surface area (Å²) in [6, 6.07) is 12.1. The maximum absolute atomic E-state index is 6.39. The van der Waals surface area contributed by atoms with Crippen molar-refractivity contribution in [3.63, 3.8) is 0 Å². The summed E-state index contributed by atoms with van der Waals surface area (Å²) in [6.07, 6.45) is 2.45. The van der Waals surface area contributed by atoms with Gasteiger partial charge in [-0.05, 0) is 57.4 Å². The molecule has 2 heteroatoms. The van der Waals surface area contributed by atoms with Crippen LogP contribution in [0.3, 0.4) is 0 Å². The Hall–Kier alpha value is -0.860. The molecule has 0 amide bonds. The highest BCUT2D eigenvalue weighted by molar-refractivity contribution is 5.27. The van der Waals surface area contributed by atoms with Gasteiger partial charge in [0.1, 0.15) is 0 Å². The quantitative estimate of drug-likeness (QED) is 0.778. The molecule has 0 aromatic heterocycles. The van der Waals surface area contributed by atoms with Gasteiger partial charge in [0.05, 0.1) is 5.60 Å². The Kier molecular flexibility index (Phi) is 3.89. The maximum atomic E-state index is 6.39. The Balaban J connectivity index is 1.95. The van der Waals surface area contributed by atoms with Gasteiger partial charge in [-0.2, -0.15) is 5.06 Å². The Morgan fingerprint density at radius 2 is 1.73 bits per heavy atom.